The van der Waals surface area contributed by atoms with Crippen LogP contribution in [0.2, 0.25) is 0 Å². The van der Waals surface area contributed by atoms with Gasteiger partial charge in [0.25, 0.3) is 5.91 Å². The highest BCUT2D eigenvalue weighted by Gasteiger charge is 2.16. The van der Waals surface area contributed by atoms with Crippen molar-refractivity contribution in [2.24, 2.45) is 0 Å². The normalized spacial score (nSPS) is 10.1. The van der Waals surface area contributed by atoms with Crippen LogP contribution < -0.4 is 5.32 Å². The molecule has 0 radical (unpaired) electrons. The number of aromatic carboxylic acids is 1. The number of rotatable bonds is 3. The summed E-state index contributed by atoms with van der Waals surface area (Å²) in [6, 6.07) is 9.87. The van der Waals surface area contributed by atoms with Gasteiger partial charge in [0.1, 0.15) is 5.82 Å². The maximum Gasteiger partial charge on any atom is 0.336 e. The molecule has 2 rings (SSSR count). The summed E-state index contributed by atoms with van der Waals surface area (Å²) < 4.78 is 13.0. The minimum Gasteiger partial charge on any atom is -0.478 e. The minimum atomic E-state index is -1.17. The van der Waals surface area contributed by atoms with Crippen molar-refractivity contribution in [3.8, 4) is 0 Å². The van der Waals surface area contributed by atoms with Crippen LogP contribution in [0.4, 0.5) is 10.1 Å². The number of carboxylic acid groups (broad SMARTS) is 1. The Morgan fingerprint density at radius 1 is 1.10 bits per heavy atom. The summed E-state index contributed by atoms with van der Waals surface area (Å²) in [4.78, 5) is 23.2. The van der Waals surface area contributed by atoms with Crippen LogP contribution in [-0.2, 0) is 0 Å². The van der Waals surface area contributed by atoms with E-state index < -0.39 is 17.7 Å². The lowest BCUT2D eigenvalue weighted by atomic mass is 10.1. The van der Waals surface area contributed by atoms with E-state index in [1.54, 1.807) is 19.1 Å². The molecule has 102 valence electrons. The van der Waals surface area contributed by atoms with E-state index >= 15 is 0 Å². The standard InChI is InChI=1S/C15H12FNO3/c1-9-8-10(16)6-7-13(9)17-14(18)11-4-2-3-5-12(11)15(19)20/h2-8H,1H3,(H,17,18)(H,19,20). The fraction of sp³-hybridized carbons (Fsp3) is 0.0667. The third-order valence-electron chi connectivity index (χ3n) is 2.84. The molecule has 0 heterocycles. The number of hydrogen-bond donors (Lipinski definition) is 2. The van der Waals surface area contributed by atoms with Gasteiger partial charge in [-0.15, -0.1) is 0 Å². The van der Waals surface area contributed by atoms with Gasteiger partial charge in [-0.05, 0) is 42.8 Å². The number of benzene rings is 2. The molecule has 20 heavy (non-hydrogen) atoms. The number of nitrogens with one attached hydrogen (secondary N) is 1. The first kappa shape index (κ1) is 13.7. The van der Waals surface area contributed by atoms with Gasteiger partial charge in [-0.2, -0.15) is 0 Å². The van der Waals surface area contributed by atoms with Gasteiger partial charge in [0, 0.05) is 5.69 Å². The molecule has 0 atom stereocenters. The fourth-order valence-electron chi connectivity index (χ4n) is 1.82. The second kappa shape index (κ2) is 5.52. The van der Waals surface area contributed by atoms with Crippen molar-refractivity contribution in [2.45, 2.75) is 6.92 Å². The highest BCUT2D eigenvalue weighted by atomic mass is 19.1. The molecular formula is C15H12FNO3. The van der Waals surface area contributed by atoms with Crippen molar-refractivity contribution < 1.29 is 19.1 Å². The molecule has 0 fully saturated rings. The van der Waals surface area contributed by atoms with Crippen LogP contribution >= 0.6 is 0 Å². The predicted molar refractivity (Wildman–Crippen MR) is 72.5 cm³/mol. The van der Waals surface area contributed by atoms with Gasteiger partial charge in [-0.3, -0.25) is 4.79 Å². The topological polar surface area (TPSA) is 66.4 Å². The Bertz CT molecular complexity index is 683. The van der Waals surface area contributed by atoms with E-state index in [-0.39, 0.29) is 11.1 Å². The summed E-state index contributed by atoms with van der Waals surface area (Å²) in [6.45, 7) is 1.65. The van der Waals surface area contributed by atoms with Gasteiger partial charge in [-0.25, -0.2) is 9.18 Å². The number of hydrogen-bond acceptors (Lipinski definition) is 2. The van der Waals surface area contributed by atoms with Crippen molar-refractivity contribution in [3.63, 3.8) is 0 Å². The van der Waals surface area contributed by atoms with E-state index in [9.17, 15) is 14.0 Å². The Balaban J connectivity index is 2.31. The van der Waals surface area contributed by atoms with Gasteiger partial charge in [0.2, 0.25) is 0 Å². The average molecular weight is 273 g/mol. The largest absolute Gasteiger partial charge is 0.478 e. The molecule has 0 spiro atoms. The smallest absolute Gasteiger partial charge is 0.336 e. The van der Waals surface area contributed by atoms with Crippen LogP contribution in [0.5, 0.6) is 0 Å². The number of anilines is 1. The number of amides is 1. The molecule has 0 saturated carbocycles. The average Bonchev–Trinajstić information content (AvgIpc) is 2.41. The van der Waals surface area contributed by atoms with Crippen molar-refractivity contribution in [3.05, 3.63) is 65.0 Å². The van der Waals surface area contributed by atoms with Crippen LogP contribution in [0.15, 0.2) is 42.5 Å². The Morgan fingerprint density at radius 2 is 1.75 bits per heavy atom. The monoisotopic (exact) mass is 273 g/mol. The lowest BCUT2D eigenvalue weighted by Gasteiger charge is -2.10. The van der Waals surface area contributed by atoms with E-state index in [2.05, 4.69) is 5.32 Å². The van der Waals surface area contributed by atoms with Gasteiger partial charge in [-0.1, -0.05) is 12.1 Å². The Morgan fingerprint density at radius 3 is 2.35 bits per heavy atom. The Labute approximate surface area is 114 Å². The molecule has 0 saturated heterocycles. The molecule has 5 heteroatoms. The summed E-state index contributed by atoms with van der Waals surface area (Å²) in [5.41, 5.74) is 0.983. The number of carbonyl (C=O) groups excluding carboxylic acids is 1. The highest BCUT2D eigenvalue weighted by Crippen LogP contribution is 2.18. The zero-order valence-electron chi connectivity index (χ0n) is 10.7. The van der Waals surface area contributed by atoms with Crippen molar-refractivity contribution in [2.75, 3.05) is 5.32 Å². The summed E-state index contributed by atoms with van der Waals surface area (Å²) in [6.07, 6.45) is 0. The number of carboxylic acids is 1. The van der Waals surface area contributed by atoms with Gasteiger partial charge in [0.05, 0.1) is 11.1 Å². The molecule has 0 aliphatic carbocycles. The molecule has 1 amide bonds. The predicted octanol–water partition coefficient (Wildman–Crippen LogP) is 3.08. The van der Waals surface area contributed by atoms with E-state index in [0.29, 0.717) is 11.3 Å². The van der Waals surface area contributed by atoms with Gasteiger partial charge < -0.3 is 10.4 Å². The maximum atomic E-state index is 13.0. The molecular weight excluding hydrogens is 261 g/mol. The molecule has 0 unspecified atom stereocenters. The van der Waals surface area contributed by atoms with Crippen LogP contribution in [0.1, 0.15) is 26.3 Å². The third kappa shape index (κ3) is 2.83. The zero-order valence-corrected chi connectivity index (χ0v) is 10.7. The van der Waals surface area contributed by atoms with Gasteiger partial charge >= 0.3 is 5.97 Å². The molecule has 0 aliphatic rings. The summed E-state index contributed by atoms with van der Waals surface area (Å²) in [7, 11) is 0. The first-order valence-corrected chi connectivity index (χ1v) is 5.89. The minimum absolute atomic E-state index is 0.0590. The highest BCUT2D eigenvalue weighted by molar-refractivity contribution is 6.10. The van der Waals surface area contributed by atoms with E-state index in [1.165, 1.54) is 30.3 Å². The summed E-state index contributed by atoms with van der Waals surface area (Å²) in [5, 5.41) is 11.6. The van der Waals surface area contributed by atoms with Crippen LogP contribution in [0, 0.1) is 12.7 Å². The van der Waals surface area contributed by atoms with E-state index in [1.807, 2.05) is 0 Å². The van der Waals surface area contributed by atoms with Crippen molar-refractivity contribution in [1.29, 1.82) is 0 Å². The summed E-state index contributed by atoms with van der Waals surface area (Å²) in [5.74, 6) is -2.12. The Hall–Kier alpha value is -2.69. The molecule has 0 bridgehead atoms. The van der Waals surface area contributed by atoms with Crippen LogP contribution in [0.3, 0.4) is 0 Å². The third-order valence-corrected chi connectivity index (χ3v) is 2.84. The van der Waals surface area contributed by atoms with Crippen molar-refractivity contribution in [1.82, 2.24) is 0 Å². The van der Waals surface area contributed by atoms with Crippen molar-refractivity contribution >= 4 is 17.6 Å². The Kier molecular flexibility index (Phi) is 3.79. The number of halogens is 1. The zero-order chi connectivity index (χ0) is 14.7. The molecule has 2 aromatic rings. The molecule has 0 aromatic heterocycles. The SMILES string of the molecule is Cc1cc(F)ccc1NC(=O)c1ccccc1C(=O)O. The lowest BCUT2D eigenvalue weighted by Crippen LogP contribution is -2.16. The summed E-state index contributed by atoms with van der Waals surface area (Å²) >= 11 is 0. The van der Waals surface area contributed by atoms with Gasteiger partial charge in [0.15, 0.2) is 0 Å². The lowest BCUT2D eigenvalue weighted by molar-refractivity contribution is 0.0692. The second-order valence-corrected chi connectivity index (χ2v) is 4.26. The molecule has 4 nitrogen and oxygen atoms in total. The fourth-order valence-corrected chi connectivity index (χ4v) is 1.82. The van der Waals surface area contributed by atoms with E-state index in [0.717, 1.165) is 0 Å². The van der Waals surface area contributed by atoms with Crippen LogP contribution in [0.25, 0.3) is 0 Å². The molecule has 0 aliphatic heterocycles. The maximum absolute atomic E-state index is 13.0. The van der Waals surface area contributed by atoms with Crippen LogP contribution in [-0.4, -0.2) is 17.0 Å². The number of carbonyl (C=O) groups is 2. The first-order valence-electron chi connectivity index (χ1n) is 5.89. The number of aryl methyl sites for hydroxylation is 1. The second-order valence-electron chi connectivity index (χ2n) is 4.26. The molecule has 2 N–H and O–H groups in total. The molecule has 2 aromatic carbocycles. The quantitative estimate of drug-likeness (QED) is 0.903. The van der Waals surface area contributed by atoms with E-state index in [4.69, 9.17) is 5.11 Å². The first-order chi connectivity index (χ1) is 9.49.